The number of nitrogens with zero attached hydrogens (tertiary/aromatic N) is 1. The molecule has 0 aromatic heterocycles. The molecule has 0 aliphatic carbocycles. The van der Waals surface area contributed by atoms with Crippen molar-refractivity contribution in [1.82, 2.24) is 4.90 Å². The summed E-state index contributed by atoms with van der Waals surface area (Å²) in [6, 6.07) is 9.86. The topological polar surface area (TPSA) is 65.1 Å². The fraction of sp³-hybridized carbons (Fsp3) is 0.579. The number of ketones is 1. The lowest BCUT2D eigenvalue weighted by Gasteiger charge is -2.31. The van der Waals surface area contributed by atoms with Gasteiger partial charge in [-0.25, -0.2) is 4.79 Å². The van der Waals surface area contributed by atoms with Gasteiger partial charge in [0.15, 0.2) is 5.78 Å². The summed E-state index contributed by atoms with van der Waals surface area (Å²) >= 11 is 0. The molecule has 0 bridgehead atoms. The van der Waals surface area contributed by atoms with Gasteiger partial charge in [-0.2, -0.15) is 0 Å². The maximum absolute atomic E-state index is 12.3. The molecule has 2 rings (SSSR count). The smallest absolute Gasteiger partial charge is 0.410 e. The Labute approximate surface area is 149 Å². The van der Waals surface area contributed by atoms with Crippen molar-refractivity contribution in [3.8, 4) is 0 Å². The van der Waals surface area contributed by atoms with Gasteiger partial charge in [0.05, 0.1) is 39.0 Å². The van der Waals surface area contributed by atoms with Gasteiger partial charge < -0.3 is 14.2 Å². The maximum Gasteiger partial charge on any atom is 0.410 e. The van der Waals surface area contributed by atoms with Crippen molar-refractivity contribution in [3.05, 3.63) is 35.9 Å². The first-order valence-electron chi connectivity index (χ1n) is 8.56. The van der Waals surface area contributed by atoms with E-state index in [1.165, 1.54) is 4.90 Å². The van der Waals surface area contributed by atoms with Crippen molar-refractivity contribution in [2.24, 2.45) is 0 Å². The minimum Gasteiger partial charge on any atom is -0.444 e. The van der Waals surface area contributed by atoms with Gasteiger partial charge in [0.2, 0.25) is 0 Å². The quantitative estimate of drug-likeness (QED) is 0.836. The van der Waals surface area contributed by atoms with Crippen LogP contribution >= 0.6 is 0 Å². The number of Topliss-reactive ketones (excluding diaryl/α,β-unsaturated/α-hetero) is 1. The van der Waals surface area contributed by atoms with Crippen LogP contribution in [0.5, 0.6) is 0 Å². The van der Waals surface area contributed by atoms with Gasteiger partial charge in [0.25, 0.3) is 0 Å². The van der Waals surface area contributed by atoms with E-state index in [0.29, 0.717) is 19.8 Å². The van der Waals surface area contributed by atoms with E-state index >= 15 is 0 Å². The summed E-state index contributed by atoms with van der Waals surface area (Å²) in [5.74, 6) is -0.0329. The molecule has 25 heavy (non-hydrogen) atoms. The third kappa shape index (κ3) is 7.23. The molecule has 1 heterocycles. The lowest BCUT2D eigenvalue weighted by molar-refractivity contribution is -0.126. The van der Waals surface area contributed by atoms with Crippen LogP contribution in [0.25, 0.3) is 0 Å². The molecule has 1 aromatic rings. The van der Waals surface area contributed by atoms with E-state index in [0.717, 1.165) is 5.56 Å². The van der Waals surface area contributed by atoms with Gasteiger partial charge in [-0.3, -0.25) is 9.69 Å². The van der Waals surface area contributed by atoms with Gasteiger partial charge >= 0.3 is 6.09 Å². The van der Waals surface area contributed by atoms with E-state index in [1.807, 2.05) is 30.3 Å². The third-order valence-electron chi connectivity index (χ3n) is 3.59. The Hall–Kier alpha value is -1.92. The second-order valence-corrected chi connectivity index (χ2v) is 7.14. The molecule has 0 unspecified atom stereocenters. The van der Waals surface area contributed by atoms with Crippen molar-refractivity contribution in [2.75, 3.05) is 26.3 Å². The normalized spacial score (nSPS) is 19.2. The zero-order valence-corrected chi connectivity index (χ0v) is 15.2. The summed E-state index contributed by atoms with van der Waals surface area (Å²) in [7, 11) is 0. The summed E-state index contributed by atoms with van der Waals surface area (Å²) in [4.78, 5) is 25.6. The first-order chi connectivity index (χ1) is 11.8. The molecular weight excluding hydrogens is 322 g/mol. The summed E-state index contributed by atoms with van der Waals surface area (Å²) in [6.07, 6.45) is -0.502. The Kier molecular flexibility index (Phi) is 6.96. The van der Waals surface area contributed by atoms with E-state index in [1.54, 1.807) is 20.8 Å². The van der Waals surface area contributed by atoms with Crippen LogP contribution in [0.2, 0.25) is 0 Å². The fourth-order valence-corrected chi connectivity index (χ4v) is 2.44. The van der Waals surface area contributed by atoms with Gasteiger partial charge in [0.1, 0.15) is 5.60 Å². The highest BCUT2D eigenvalue weighted by Gasteiger charge is 2.28. The molecule has 6 nitrogen and oxygen atoms in total. The highest BCUT2D eigenvalue weighted by Crippen LogP contribution is 2.13. The second kappa shape index (κ2) is 8.97. The summed E-state index contributed by atoms with van der Waals surface area (Å²) in [5, 5.41) is 0. The molecule has 1 aromatic carbocycles. The monoisotopic (exact) mass is 349 g/mol. The Morgan fingerprint density at radius 2 is 2.00 bits per heavy atom. The number of rotatable bonds is 4. The van der Waals surface area contributed by atoms with E-state index in [-0.39, 0.29) is 31.4 Å². The number of carbonyl (C=O) groups is 2. The zero-order valence-electron chi connectivity index (χ0n) is 15.2. The largest absolute Gasteiger partial charge is 0.444 e. The Bertz CT molecular complexity index is 567. The summed E-state index contributed by atoms with van der Waals surface area (Å²) < 4.78 is 16.8. The van der Waals surface area contributed by atoms with Crippen molar-refractivity contribution in [2.45, 2.75) is 45.5 Å². The van der Waals surface area contributed by atoms with Gasteiger partial charge in [-0.1, -0.05) is 30.3 Å². The number of ether oxygens (including phenoxy) is 3. The molecule has 1 aliphatic rings. The van der Waals surface area contributed by atoms with Gasteiger partial charge in [-0.05, 0) is 26.3 Å². The molecule has 0 N–H and O–H groups in total. The van der Waals surface area contributed by atoms with Crippen molar-refractivity contribution < 1.29 is 23.8 Å². The predicted molar refractivity (Wildman–Crippen MR) is 93.3 cm³/mol. The SMILES string of the molecule is CC(C)(C)OC(=O)N1CC(=O)CCO[C@H](COCc2ccccc2)C1. The van der Waals surface area contributed by atoms with Crippen molar-refractivity contribution in [1.29, 1.82) is 0 Å². The Balaban J connectivity index is 1.90. The number of carbonyl (C=O) groups excluding carboxylic acids is 2. The zero-order chi connectivity index (χ0) is 18.3. The first-order valence-corrected chi connectivity index (χ1v) is 8.56. The second-order valence-electron chi connectivity index (χ2n) is 7.14. The van der Waals surface area contributed by atoms with Crippen LogP contribution in [0.15, 0.2) is 30.3 Å². The third-order valence-corrected chi connectivity index (χ3v) is 3.59. The number of hydrogen-bond acceptors (Lipinski definition) is 5. The minimum atomic E-state index is -0.608. The molecule has 1 saturated heterocycles. The highest BCUT2D eigenvalue weighted by atomic mass is 16.6. The van der Waals surface area contributed by atoms with Crippen LogP contribution < -0.4 is 0 Å². The van der Waals surface area contributed by atoms with Crippen LogP contribution in [0.1, 0.15) is 32.8 Å². The lowest BCUT2D eigenvalue weighted by Crippen LogP contribution is -2.47. The minimum absolute atomic E-state index is 0.0329. The van der Waals surface area contributed by atoms with Crippen LogP contribution in [-0.2, 0) is 25.6 Å². The van der Waals surface area contributed by atoms with E-state index in [2.05, 4.69) is 0 Å². The Morgan fingerprint density at radius 3 is 2.68 bits per heavy atom. The number of benzene rings is 1. The van der Waals surface area contributed by atoms with E-state index < -0.39 is 11.7 Å². The molecule has 1 fully saturated rings. The predicted octanol–water partition coefficient (Wildman–Crippen LogP) is 2.80. The van der Waals surface area contributed by atoms with Crippen molar-refractivity contribution in [3.63, 3.8) is 0 Å². The average molecular weight is 349 g/mol. The molecule has 1 aliphatic heterocycles. The van der Waals surface area contributed by atoms with Crippen molar-refractivity contribution >= 4 is 11.9 Å². The molecule has 1 amide bonds. The van der Waals surface area contributed by atoms with Crippen LogP contribution in [0.3, 0.4) is 0 Å². The molecule has 0 spiro atoms. The molecule has 0 saturated carbocycles. The molecule has 1 atom stereocenters. The standard InChI is InChI=1S/C19H27NO5/c1-19(2,3)25-18(22)20-11-16(21)9-10-24-17(12-20)14-23-13-15-7-5-4-6-8-15/h4-8,17H,9-14H2,1-3H3/t17-/m0/s1. The highest BCUT2D eigenvalue weighted by molar-refractivity contribution is 5.84. The Morgan fingerprint density at radius 1 is 1.28 bits per heavy atom. The fourth-order valence-electron chi connectivity index (χ4n) is 2.44. The van der Waals surface area contributed by atoms with Crippen LogP contribution in [0.4, 0.5) is 4.79 Å². The van der Waals surface area contributed by atoms with Crippen LogP contribution in [0, 0.1) is 0 Å². The number of amides is 1. The first kappa shape index (κ1) is 19.4. The van der Waals surface area contributed by atoms with E-state index in [4.69, 9.17) is 14.2 Å². The van der Waals surface area contributed by atoms with Crippen LogP contribution in [-0.4, -0.2) is 54.8 Å². The summed E-state index contributed by atoms with van der Waals surface area (Å²) in [6.45, 7) is 6.90. The molecular formula is C19H27NO5. The molecule has 138 valence electrons. The van der Waals surface area contributed by atoms with E-state index in [9.17, 15) is 9.59 Å². The van der Waals surface area contributed by atoms with Gasteiger partial charge in [-0.15, -0.1) is 0 Å². The average Bonchev–Trinajstić information content (AvgIpc) is 2.51. The van der Waals surface area contributed by atoms with Gasteiger partial charge in [0, 0.05) is 6.42 Å². The molecule has 0 radical (unpaired) electrons. The summed E-state index contributed by atoms with van der Waals surface area (Å²) in [5.41, 5.74) is 0.468. The molecule has 6 heteroatoms. The maximum atomic E-state index is 12.3. The lowest BCUT2D eigenvalue weighted by atomic mass is 10.2. The number of hydrogen-bond donors (Lipinski definition) is 0.